The maximum absolute atomic E-state index is 13.2. The molecule has 9 heteroatoms. The largest absolute Gasteiger partial charge is 0.329 e. The third-order valence-corrected chi connectivity index (χ3v) is 5.84. The fraction of sp³-hybridized carbons (Fsp3) is 0.320. The number of hydrogen-bond donors (Lipinski definition) is 1. The summed E-state index contributed by atoms with van der Waals surface area (Å²) in [7, 11) is 0. The number of halogens is 3. The van der Waals surface area contributed by atoms with Crippen molar-refractivity contribution >= 4 is 40.8 Å². The molecule has 1 aromatic heterocycles. The van der Waals surface area contributed by atoms with Gasteiger partial charge in [0, 0.05) is 23.6 Å². The van der Waals surface area contributed by atoms with Gasteiger partial charge in [0.15, 0.2) is 0 Å². The summed E-state index contributed by atoms with van der Waals surface area (Å²) in [6.45, 7) is 8.18. The Morgan fingerprint density at radius 3 is 2.32 bits per heavy atom. The Morgan fingerprint density at radius 2 is 1.74 bits per heavy atom. The van der Waals surface area contributed by atoms with E-state index in [1.54, 1.807) is 28.9 Å². The molecule has 0 bridgehead atoms. The van der Waals surface area contributed by atoms with Crippen molar-refractivity contribution in [1.82, 2.24) is 14.7 Å². The molecule has 2 aromatic carbocycles. The summed E-state index contributed by atoms with van der Waals surface area (Å²) in [5, 5.41) is 8.31. The summed E-state index contributed by atoms with van der Waals surface area (Å²) >= 11 is 12.3. The van der Waals surface area contributed by atoms with E-state index in [4.69, 9.17) is 23.2 Å². The van der Waals surface area contributed by atoms with E-state index in [2.05, 4.69) is 10.4 Å². The maximum atomic E-state index is 13.2. The van der Waals surface area contributed by atoms with Gasteiger partial charge in [-0.15, -0.1) is 0 Å². The van der Waals surface area contributed by atoms with Crippen LogP contribution in [0.5, 0.6) is 0 Å². The summed E-state index contributed by atoms with van der Waals surface area (Å²) in [6.07, 6.45) is 0.662. The second kappa shape index (κ2) is 10.6. The Balaban J connectivity index is 1.87. The lowest BCUT2D eigenvalue weighted by Crippen LogP contribution is -2.38. The second-order valence-corrected chi connectivity index (χ2v) is 9.77. The molecular formula is C25H27Cl2FN4O2. The van der Waals surface area contributed by atoms with Gasteiger partial charge in [-0.25, -0.2) is 9.07 Å². The quantitative estimate of drug-likeness (QED) is 0.422. The van der Waals surface area contributed by atoms with Crippen LogP contribution < -0.4 is 5.32 Å². The van der Waals surface area contributed by atoms with E-state index < -0.39 is 5.82 Å². The van der Waals surface area contributed by atoms with E-state index in [-0.39, 0.29) is 23.8 Å². The van der Waals surface area contributed by atoms with Crippen LogP contribution in [0.2, 0.25) is 10.0 Å². The summed E-state index contributed by atoms with van der Waals surface area (Å²) < 4.78 is 14.8. The van der Waals surface area contributed by atoms with Crippen molar-refractivity contribution < 1.29 is 14.0 Å². The Kier molecular flexibility index (Phi) is 8.00. The molecule has 1 N–H and O–H groups in total. The van der Waals surface area contributed by atoms with E-state index in [0.29, 0.717) is 40.1 Å². The molecule has 2 amide bonds. The van der Waals surface area contributed by atoms with Crippen LogP contribution >= 0.6 is 23.2 Å². The molecule has 3 aromatic rings. The van der Waals surface area contributed by atoms with Crippen molar-refractivity contribution in [3.8, 4) is 5.69 Å². The third-order valence-electron chi connectivity index (χ3n) is 5.10. The number of rotatable bonds is 7. The summed E-state index contributed by atoms with van der Waals surface area (Å²) in [5.41, 5.74) is 1.45. The van der Waals surface area contributed by atoms with Crippen LogP contribution in [-0.2, 0) is 10.2 Å². The van der Waals surface area contributed by atoms with Gasteiger partial charge in [0.05, 0.1) is 21.4 Å². The summed E-state index contributed by atoms with van der Waals surface area (Å²) in [5.74, 6) is -0.712. The van der Waals surface area contributed by atoms with Gasteiger partial charge < -0.3 is 10.2 Å². The highest BCUT2D eigenvalue weighted by Crippen LogP contribution is 2.29. The maximum Gasteiger partial charge on any atom is 0.254 e. The molecule has 3 rings (SSSR count). The van der Waals surface area contributed by atoms with E-state index in [1.807, 2.05) is 27.7 Å². The van der Waals surface area contributed by atoms with Gasteiger partial charge in [-0.3, -0.25) is 9.59 Å². The molecule has 0 aliphatic carbocycles. The van der Waals surface area contributed by atoms with Gasteiger partial charge >= 0.3 is 0 Å². The zero-order chi connectivity index (χ0) is 25.0. The van der Waals surface area contributed by atoms with Crippen LogP contribution in [0.15, 0.2) is 48.5 Å². The lowest BCUT2D eigenvalue weighted by Gasteiger charge is -2.22. The van der Waals surface area contributed by atoms with E-state index in [0.717, 1.165) is 5.69 Å². The van der Waals surface area contributed by atoms with Crippen LogP contribution in [0.3, 0.4) is 0 Å². The number of carbonyl (C=O) groups is 2. The highest BCUT2D eigenvalue weighted by Gasteiger charge is 2.23. The predicted octanol–water partition coefficient (Wildman–Crippen LogP) is 6.11. The van der Waals surface area contributed by atoms with E-state index in [1.165, 1.54) is 29.2 Å². The van der Waals surface area contributed by atoms with Crippen LogP contribution in [0, 0.1) is 5.82 Å². The normalized spacial score (nSPS) is 11.4. The number of anilines is 1. The van der Waals surface area contributed by atoms with Gasteiger partial charge in [-0.2, -0.15) is 5.10 Å². The molecule has 0 aliphatic heterocycles. The molecular weight excluding hydrogens is 478 g/mol. The van der Waals surface area contributed by atoms with Crippen molar-refractivity contribution in [3.05, 3.63) is 75.7 Å². The molecule has 0 unspecified atom stereocenters. The molecule has 0 saturated carbocycles. The van der Waals surface area contributed by atoms with Crippen molar-refractivity contribution in [2.45, 2.75) is 39.5 Å². The highest BCUT2D eigenvalue weighted by atomic mass is 35.5. The predicted molar refractivity (Wildman–Crippen MR) is 134 cm³/mol. The molecule has 0 radical (unpaired) electrons. The molecule has 0 fully saturated rings. The molecule has 180 valence electrons. The number of hydrogen-bond acceptors (Lipinski definition) is 3. The number of nitrogens with one attached hydrogen (secondary N) is 1. The van der Waals surface area contributed by atoms with Crippen molar-refractivity contribution in [3.63, 3.8) is 0 Å². The van der Waals surface area contributed by atoms with Gasteiger partial charge in [-0.05, 0) is 48.9 Å². The van der Waals surface area contributed by atoms with Gasteiger partial charge in [0.2, 0.25) is 5.91 Å². The number of benzene rings is 2. The van der Waals surface area contributed by atoms with Crippen LogP contribution in [-0.4, -0.2) is 39.6 Å². The molecule has 34 heavy (non-hydrogen) atoms. The lowest BCUT2D eigenvalue weighted by atomic mass is 9.92. The van der Waals surface area contributed by atoms with Gasteiger partial charge in [0.25, 0.3) is 5.91 Å². The van der Waals surface area contributed by atoms with E-state index >= 15 is 0 Å². The fourth-order valence-corrected chi connectivity index (χ4v) is 3.60. The first kappa shape index (κ1) is 25.7. The summed E-state index contributed by atoms with van der Waals surface area (Å²) in [4.78, 5) is 27.3. The van der Waals surface area contributed by atoms with Crippen LogP contribution in [0.4, 0.5) is 10.2 Å². The SMILES string of the molecule is CCCN(CC(=O)Nc1cc(C(C)(C)C)nn1-c1ccc(Cl)c(Cl)c1)C(=O)c1ccc(F)cc1. The molecule has 0 saturated heterocycles. The molecule has 1 heterocycles. The van der Waals surface area contributed by atoms with Crippen molar-refractivity contribution in [2.24, 2.45) is 0 Å². The first-order chi connectivity index (χ1) is 16.0. The molecule has 0 atom stereocenters. The minimum atomic E-state index is -0.429. The number of amides is 2. The third kappa shape index (κ3) is 6.15. The first-order valence-electron chi connectivity index (χ1n) is 10.9. The number of carbonyl (C=O) groups excluding carboxylic acids is 2. The Labute approximate surface area is 208 Å². The Bertz CT molecular complexity index is 1190. The number of aromatic nitrogens is 2. The molecule has 0 aliphatic rings. The monoisotopic (exact) mass is 504 g/mol. The minimum absolute atomic E-state index is 0.165. The van der Waals surface area contributed by atoms with Crippen LogP contribution in [0.1, 0.15) is 50.2 Å². The first-order valence-corrected chi connectivity index (χ1v) is 11.7. The summed E-state index contributed by atoms with van der Waals surface area (Å²) in [6, 6.07) is 12.1. The molecule has 0 spiro atoms. The smallest absolute Gasteiger partial charge is 0.254 e. The zero-order valence-corrected chi connectivity index (χ0v) is 21.0. The van der Waals surface area contributed by atoms with Gasteiger partial charge in [-0.1, -0.05) is 50.9 Å². The average molecular weight is 505 g/mol. The van der Waals surface area contributed by atoms with Crippen LogP contribution in [0.25, 0.3) is 5.69 Å². The standard InChI is InChI=1S/C25H27Cl2FN4O2/c1-5-12-31(24(34)16-6-8-17(28)9-7-16)15-23(33)29-22-14-21(25(2,3)4)30-32(22)18-10-11-19(26)20(27)13-18/h6-11,13-14H,5,12,15H2,1-4H3,(H,29,33). The fourth-order valence-electron chi connectivity index (χ4n) is 3.30. The highest BCUT2D eigenvalue weighted by molar-refractivity contribution is 6.42. The second-order valence-electron chi connectivity index (χ2n) is 8.96. The van der Waals surface area contributed by atoms with Crippen molar-refractivity contribution in [2.75, 3.05) is 18.4 Å². The van der Waals surface area contributed by atoms with Gasteiger partial charge in [0.1, 0.15) is 18.2 Å². The minimum Gasteiger partial charge on any atom is -0.329 e. The van der Waals surface area contributed by atoms with E-state index in [9.17, 15) is 14.0 Å². The average Bonchev–Trinajstić information content (AvgIpc) is 3.19. The zero-order valence-electron chi connectivity index (χ0n) is 19.5. The lowest BCUT2D eigenvalue weighted by molar-refractivity contribution is -0.116. The topological polar surface area (TPSA) is 67.2 Å². The number of nitrogens with zero attached hydrogens (tertiary/aromatic N) is 3. The Morgan fingerprint density at radius 1 is 1.06 bits per heavy atom. The molecule has 6 nitrogen and oxygen atoms in total. The Hall–Kier alpha value is -2.90. The van der Waals surface area contributed by atoms with Crippen molar-refractivity contribution in [1.29, 1.82) is 0 Å².